The second kappa shape index (κ2) is 5.30. The van der Waals surface area contributed by atoms with Gasteiger partial charge in [-0.15, -0.1) is 0 Å². The molecule has 0 saturated carbocycles. The summed E-state index contributed by atoms with van der Waals surface area (Å²) in [5, 5.41) is 3.56. The SMILES string of the molecule is c1ncc(C2NCCOC23CCCOCC3)cn1. The van der Waals surface area contributed by atoms with Crippen LogP contribution in [0, 0.1) is 0 Å². The lowest BCUT2D eigenvalue weighted by atomic mass is 9.82. The minimum absolute atomic E-state index is 0.153. The summed E-state index contributed by atoms with van der Waals surface area (Å²) in [5.41, 5.74) is 0.957. The first-order chi connectivity index (χ1) is 8.91. The molecule has 2 aliphatic rings. The van der Waals surface area contributed by atoms with Gasteiger partial charge in [0.05, 0.1) is 18.2 Å². The average molecular weight is 249 g/mol. The Hall–Kier alpha value is -1.04. The van der Waals surface area contributed by atoms with E-state index in [0.717, 1.165) is 51.2 Å². The molecule has 5 nitrogen and oxygen atoms in total. The molecule has 0 amide bonds. The van der Waals surface area contributed by atoms with Crippen molar-refractivity contribution in [3.8, 4) is 0 Å². The molecule has 1 aromatic rings. The largest absolute Gasteiger partial charge is 0.381 e. The van der Waals surface area contributed by atoms with Gasteiger partial charge in [0.15, 0.2) is 0 Å². The lowest BCUT2D eigenvalue weighted by Gasteiger charge is -2.44. The van der Waals surface area contributed by atoms with E-state index in [1.807, 2.05) is 12.4 Å². The van der Waals surface area contributed by atoms with Crippen molar-refractivity contribution in [1.82, 2.24) is 15.3 Å². The van der Waals surface area contributed by atoms with Gasteiger partial charge in [0.2, 0.25) is 0 Å². The minimum atomic E-state index is -0.153. The highest BCUT2D eigenvalue weighted by molar-refractivity contribution is 5.17. The summed E-state index contributed by atoms with van der Waals surface area (Å²) >= 11 is 0. The Bertz CT molecular complexity index is 377. The molecule has 2 fully saturated rings. The highest BCUT2D eigenvalue weighted by Crippen LogP contribution is 2.39. The van der Waals surface area contributed by atoms with Crippen molar-refractivity contribution < 1.29 is 9.47 Å². The quantitative estimate of drug-likeness (QED) is 0.807. The Morgan fingerprint density at radius 3 is 2.94 bits per heavy atom. The van der Waals surface area contributed by atoms with Crippen LogP contribution in [-0.4, -0.2) is 41.9 Å². The van der Waals surface area contributed by atoms with Gasteiger partial charge < -0.3 is 14.8 Å². The lowest BCUT2D eigenvalue weighted by Crippen LogP contribution is -2.52. The van der Waals surface area contributed by atoms with E-state index < -0.39 is 0 Å². The Morgan fingerprint density at radius 1 is 1.17 bits per heavy atom. The maximum atomic E-state index is 6.16. The molecule has 2 aliphatic heterocycles. The molecular formula is C13H19N3O2. The number of hydrogen-bond acceptors (Lipinski definition) is 5. The van der Waals surface area contributed by atoms with Crippen LogP contribution in [0.25, 0.3) is 0 Å². The maximum absolute atomic E-state index is 6.16. The van der Waals surface area contributed by atoms with E-state index in [1.54, 1.807) is 6.33 Å². The van der Waals surface area contributed by atoms with Crippen LogP contribution in [0.5, 0.6) is 0 Å². The first-order valence-electron chi connectivity index (χ1n) is 6.61. The van der Waals surface area contributed by atoms with Crippen LogP contribution in [0.15, 0.2) is 18.7 Å². The van der Waals surface area contributed by atoms with Gasteiger partial charge in [-0.2, -0.15) is 0 Å². The zero-order chi connectivity index (χ0) is 12.3. The van der Waals surface area contributed by atoms with Gasteiger partial charge in [0, 0.05) is 44.1 Å². The molecule has 0 bridgehead atoms. The van der Waals surface area contributed by atoms with Crippen LogP contribution in [0.4, 0.5) is 0 Å². The van der Waals surface area contributed by atoms with E-state index in [1.165, 1.54) is 0 Å². The molecule has 0 radical (unpaired) electrons. The number of nitrogens with zero attached hydrogens (tertiary/aromatic N) is 2. The molecule has 3 heterocycles. The zero-order valence-electron chi connectivity index (χ0n) is 10.5. The van der Waals surface area contributed by atoms with Crippen LogP contribution < -0.4 is 5.32 Å². The molecule has 98 valence electrons. The minimum Gasteiger partial charge on any atom is -0.381 e. The van der Waals surface area contributed by atoms with Gasteiger partial charge in [0.1, 0.15) is 6.33 Å². The number of nitrogens with one attached hydrogen (secondary N) is 1. The van der Waals surface area contributed by atoms with Gasteiger partial charge in [0.25, 0.3) is 0 Å². The first kappa shape index (κ1) is 12.0. The summed E-state index contributed by atoms with van der Waals surface area (Å²) in [4.78, 5) is 8.25. The molecule has 1 N–H and O–H groups in total. The molecule has 18 heavy (non-hydrogen) atoms. The van der Waals surface area contributed by atoms with E-state index in [9.17, 15) is 0 Å². The summed E-state index contributed by atoms with van der Waals surface area (Å²) in [5.74, 6) is 0. The molecule has 2 unspecified atom stereocenters. The number of rotatable bonds is 1. The predicted octanol–water partition coefficient (Wildman–Crippen LogP) is 1.08. The number of hydrogen-bond donors (Lipinski definition) is 1. The second-order valence-electron chi connectivity index (χ2n) is 4.94. The fourth-order valence-electron chi connectivity index (χ4n) is 2.99. The molecule has 2 saturated heterocycles. The zero-order valence-corrected chi connectivity index (χ0v) is 10.5. The van der Waals surface area contributed by atoms with E-state index in [0.29, 0.717) is 0 Å². The van der Waals surface area contributed by atoms with E-state index in [4.69, 9.17) is 9.47 Å². The summed E-state index contributed by atoms with van der Waals surface area (Å²) in [6, 6.07) is 0.175. The Balaban J connectivity index is 1.89. The molecule has 0 aliphatic carbocycles. The van der Waals surface area contributed by atoms with E-state index in [-0.39, 0.29) is 11.6 Å². The molecule has 2 atom stereocenters. The Labute approximate surface area is 107 Å². The number of ether oxygens (including phenoxy) is 2. The topological polar surface area (TPSA) is 56.3 Å². The third kappa shape index (κ3) is 2.25. The normalized spacial score (nSPS) is 33.2. The van der Waals surface area contributed by atoms with Crippen molar-refractivity contribution in [3.05, 3.63) is 24.3 Å². The molecule has 3 rings (SSSR count). The monoisotopic (exact) mass is 249 g/mol. The molecule has 1 spiro atoms. The summed E-state index contributed by atoms with van der Waals surface area (Å²) in [6.45, 7) is 3.25. The Kier molecular flexibility index (Phi) is 3.54. The fourth-order valence-corrected chi connectivity index (χ4v) is 2.99. The van der Waals surface area contributed by atoms with Crippen LogP contribution in [0.1, 0.15) is 30.9 Å². The van der Waals surface area contributed by atoms with Crippen molar-refractivity contribution in [3.63, 3.8) is 0 Å². The van der Waals surface area contributed by atoms with E-state index in [2.05, 4.69) is 15.3 Å². The first-order valence-corrected chi connectivity index (χ1v) is 6.61. The van der Waals surface area contributed by atoms with Crippen molar-refractivity contribution in [2.24, 2.45) is 0 Å². The highest BCUT2D eigenvalue weighted by Gasteiger charge is 2.43. The van der Waals surface area contributed by atoms with Crippen molar-refractivity contribution in [2.75, 3.05) is 26.4 Å². The lowest BCUT2D eigenvalue weighted by molar-refractivity contribution is -0.109. The Morgan fingerprint density at radius 2 is 2.06 bits per heavy atom. The van der Waals surface area contributed by atoms with Gasteiger partial charge in [-0.3, -0.25) is 0 Å². The summed E-state index contributed by atoms with van der Waals surface area (Å²) < 4.78 is 11.7. The third-order valence-electron chi connectivity index (χ3n) is 3.84. The number of morpholine rings is 1. The second-order valence-corrected chi connectivity index (χ2v) is 4.94. The smallest absolute Gasteiger partial charge is 0.115 e. The van der Waals surface area contributed by atoms with Crippen LogP contribution >= 0.6 is 0 Å². The van der Waals surface area contributed by atoms with Gasteiger partial charge in [-0.1, -0.05) is 0 Å². The maximum Gasteiger partial charge on any atom is 0.115 e. The predicted molar refractivity (Wildman–Crippen MR) is 66.1 cm³/mol. The molecule has 1 aromatic heterocycles. The summed E-state index contributed by atoms with van der Waals surface area (Å²) in [7, 11) is 0. The average Bonchev–Trinajstić information content (AvgIpc) is 2.67. The van der Waals surface area contributed by atoms with Crippen molar-refractivity contribution in [1.29, 1.82) is 0 Å². The van der Waals surface area contributed by atoms with Gasteiger partial charge in [-0.05, 0) is 12.8 Å². The summed E-state index contributed by atoms with van der Waals surface area (Å²) in [6.07, 6.45) is 8.33. The van der Waals surface area contributed by atoms with Crippen LogP contribution in [0.2, 0.25) is 0 Å². The standard InChI is InChI=1S/C13H19N3O2/c1-2-13(3-6-17-5-1)12(16-4-7-18-13)11-8-14-10-15-9-11/h8-10,12,16H,1-7H2. The molecule has 0 aromatic carbocycles. The van der Waals surface area contributed by atoms with Crippen molar-refractivity contribution >= 4 is 0 Å². The third-order valence-corrected chi connectivity index (χ3v) is 3.84. The van der Waals surface area contributed by atoms with E-state index >= 15 is 0 Å². The molecule has 5 heteroatoms. The fraction of sp³-hybridized carbons (Fsp3) is 0.692. The molecular weight excluding hydrogens is 230 g/mol. The van der Waals surface area contributed by atoms with Gasteiger partial charge >= 0.3 is 0 Å². The number of aromatic nitrogens is 2. The van der Waals surface area contributed by atoms with Gasteiger partial charge in [-0.25, -0.2) is 9.97 Å². The van der Waals surface area contributed by atoms with Crippen LogP contribution in [0.3, 0.4) is 0 Å². The van der Waals surface area contributed by atoms with Crippen LogP contribution in [-0.2, 0) is 9.47 Å². The highest BCUT2D eigenvalue weighted by atomic mass is 16.5. The van der Waals surface area contributed by atoms with Crippen molar-refractivity contribution in [2.45, 2.75) is 30.9 Å².